The number of hydrogen-bond donors (Lipinski definition) is 0. The van der Waals surface area contributed by atoms with Crippen molar-refractivity contribution >= 4 is 11.8 Å². The predicted octanol–water partition coefficient (Wildman–Crippen LogP) is 3.96. The van der Waals surface area contributed by atoms with E-state index in [1.165, 1.54) is 5.56 Å². The zero-order chi connectivity index (χ0) is 24.9. The number of carbonyl (C=O) groups is 2. The lowest BCUT2D eigenvalue weighted by atomic mass is 9.78. The summed E-state index contributed by atoms with van der Waals surface area (Å²) in [6, 6.07) is 27.6. The topological polar surface area (TPSA) is 53.1 Å². The summed E-state index contributed by atoms with van der Waals surface area (Å²) >= 11 is 0. The van der Waals surface area contributed by atoms with Crippen molar-refractivity contribution in [3.8, 4) is 0 Å². The summed E-state index contributed by atoms with van der Waals surface area (Å²) in [6.07, 6.45) is 0. The number of nitrogens with zero attached hydrogens (tertiary/aromatic N) is 3. The van der Waals surface area contributed by atoms with Crippen molar-refractivity contribution in [2.24, 2.45) is 0 Å². The molecule has 0 saturated carbocycles. The number of benzene rings is 3. The molecule has 2 unspecified atom stereocenters. The molecule has 2 atom stereocenters. The Kier molecular flexibility index (Phi) is 7.44. The average Bonchev–Trinajstić information content (AvgIpc) is 2.93. The lowest BCUT2D eigenvalue weighted by Crippen LogP contribution is -2.53. The van der Waals surface area contributed by atoms with Crippen LogP contribution in [0.25, 0.3) is 0 Å². The molecular weight excluding hydrogens is 450 g/mol. The minimum Gasteiger partial charge on any atom is -0.383 e. The van der Waals surface area contributed by atoms with Crippen LogP contribution in [0.3, 0.4) is 0 Å². The third kappa shape index (κ3) is 4.92. The van der Waals surface area contributed by atoms with Crippen LogP contribution in [0.1, 0.15) is 39.0 Å². The van der Waals surface area contributed by atoms with Gasteiger partial charge in [-0.15, -0.1) is 0 Å². The maximum atomic E-state index is 14.2. The van der Waals surface area contributed by atoms with Crippen LogP contribution in [0.2, 0.25) is 0 Å². The first kappa shape index (κ1) is 24.2. The third-order valence-corrected chi connectivity index (χ3v) is 7.32. The van der Waals surface area contributed by atoms with Gasteiger partial charge >= 0.3 is 0 Å². The molecule has 0 aliphatic carbocycles. The Bertz CT molecular complexity index is 1180. The van der Waals surface area contributed by atoms with Crippen LogP contribution in [0.15, 0.2) is 84.9 Å². The molecule has 2 amide bonds. The molecule has 6 heteroatoms. The molecule has 1 saturated heterocycles. The molecular formula is C30H33N3O3. The summed E-state index contributed by atoms with van der Waals surface area (Å²) < 4.78 is 5.34. The van der Waals surface area contributed by atoms with E-state index in [0.29, 0.717) is 31.8 Å². The van der Waals surface area contributed by atoms with Gasteiger partial charge < -0.3 is 14.5 Å². The first-order valence-electron chi connectivity index (χ1n) is 12.7. The van der Waals surface area contributed by atoms with Crippen molar-refractivity contribution < 1.29 is 14.3 Å². The first-order chi connectivity index (χ1) is 17.7. The Labute approximate surface area is 213 Å². The second-order valence-electron chi connectivity index (χ2n) is 9.50. The van der Waals surface area contributed by atoms with Gasteiger partial charge in [-0.05, 0) is 22.8 Å². The van der Waals surface area contributed by atoms with Crippen molar-refractivity contribution in [2.75, 3.05) is 46.4 Å². The fraction of sp³-hybridized carbons (Fsp3) is 0.333. The van der Waals surface area contributed by atoms with Crippen molar-refractivity contribution in [2.45, 2.75) is 18.5 Å². The molecule has 3 aromatic rings. The molecule has 2 aliphatic heterocycles. The van der Waals surface area contributed by atoms with Crippen molar-refractivity contribution in [1.29, 1.82) is 0 Å². The highest BCUT2D eigenvalue weighted by Crippen LogP contribution is 2.43. The van der Waals surface area contributed by atoms with Gasteiger partial charge in [0.05, 0.1) is 18.6 Å². The molecule has 6 nitrogen and oxygen atoms in total. The van der Waals surface area contributed by atoms with Crippen molar-refractivity contribution in [3.63, 3.8) is 0 Å². The minimum absolute atomic E-state index is 0.0479. The highest BCUT2D eigenvalue weighted by molar-refractivity contribution is 6.01. The molecule has 0 N–H and O–H groups in total. The summed E-state index contributed by atoms with van der Waals surface area (Å²) in [6.45, 7) is 4.75. The molecule has 36 heavy (non-hydrogen) atoms. The minimum atomic E-state index is -0.459. The van der Waals surface area contributed by atoms with E-state index in [1.54, 1.807) is 7.11 Å². The maximum absolute atomic E-state index is 14.2. The Morgan fingerprint density at radius 1 is 0.861 bits per heavy atom. The van der Waals surface area contributed by atoms with Gasteiger partial charge in [0.15, 0.2) is 0 Å². The zero-order valence-electron chi connectivity index (χ0n) is 20.8. The van der Waals surface area contributed by atoms with Gasteiger partial charge in [0.25, 0.3) is 5.91 Å². The molecule has 2 aliphatic rings. The molecule has 0 spiro atoms. The molecule has 0 aromatic heterocycles. The molecule has 2 heterocycles. The van der Waals surface area contributed by atoms with E-state index >= 15 is 0 Å². The highest BCUT2D eigenvalue weighted by Gasteiger charge is 2.45. The SMILES string of the molecule is COCCN1C(=O)c2ccccc2C(C(=O)N2CCN(Cc3ccccc3)CC2)C1c1ccccc1. The van der Waals surface area contributed by atoms with Crippen molar-refractivity contribution in [1.82, 2.24) is 14.7 Å². The number of ether oxygens (including phenoxy) is 1. The summed E-state index contributed by atoms with van der Waals surface area (Å²) in [7, 11) is 1.64. The Hall–Kier alpha value is -3.48. The van der Waals surface area contributed by atoms with Gasteiger partial charge in [0.2, 0.25) is 5.91 Å². The summed E-state index contributed by atoms with van der Waals surface area (Å²) in [5.41, 5.74) is 3.69. The van der Waals surface area contributed by atoms with E-state index < -0.39 is 5.92 Å². The van der Waals surface area contributed by atoms with Crippen LogP contribution in [-0.2, 0) is 16.1 Å². The van der Waals surface area contributed by atoms with E-state index in [1.807, 2.05) is 70.5 Å². The van der Waals surface area contributed by atoms with Crippen molar-refractivity contribution in [3.05, 3.63) is 107 Å². The van der Waals surface area contributed by atoms with Crippen LogP contribution >= 0.6 is 0 Å². The van der Waals surface area contributed by atoms with E-state index in [0.717, 1.165) is 30.8 Å². The van der Waals surface area contributed by atoms with E-state index in [9.17, 15) is 9.59 Å². The van der Waals surface area contributed by atoms with Crippen LogP contribution in [0, 0.1) is 0 Å². The number of piperazine rings is 1. The van der Waals surface area contributed by atoms with Gasteiger partial charge in [0, 0.05) is 51.9 Å². The maximum Gasteiger partial charge on any atom is 0.254 e. The third-order valence-electron chi connectivity index (χ3n) is 7.32. The molecule has 0 bridgehead atoms. The molecule has 3 aromatic carbocycles. The first-order valence-corrected chi connectivity index (χ1v) is 12.7. The average molecular weight is 484 g/mol. The second-order valence-corrected chi connectivity index (χ2v) is 9.50. The quantitative estimate of drug-likeness (QED) is 0.511. The molecule has 186 valence electrons. The van der Waals surface area contributed by atoms with Gasteiger partial charge in [0.1, 0.15) is 0 Å². The van der Waals surface area contributed by atoms with Gasteiger partial charge in [-0.25, -0.2) is 0 Å². The molecule has 0 radical (unpaired) electrons. The lowest BCUT2D eigenvalue weighted by molar-refractivity contribution is -0.136. The summed E-state index contributed by atoms with van der Waals surface area (Å²) in [4.78, 5) is 34.1. The molecule has 1 fully saturated rings. The molecule has 5 rings (SSSR count). The Morgan fingerprint density at radius 3 is 2.19 bits per heavy atom. The van der Waals surface area contributed by atoms with Crippen LogP contribution in [-0.4, -0.2) is 73.0 Å². The fourth-order valence-electron chi connectivity index (χ4n) is 5.48. The second kappa shape index (κ2) is 11.1. The van der Waals surface area contributed by atoms with Gasteiger partial charge in [-0.3, -0.25) is 14.5 Å². The number of methoxy groups -OCH3 is 1. The van der Waals surface area contributed by atoms with Gasteiger partial charge in [-0.1, -0.05) is 78.9 Å². The fourth-order valence-corrected chi connectivity index (χ4v) is 5.48. The van der Waals surface area contributed by atoms with Crippen LogP contribution in [0.5, 0.6) is 0 Å². The van der Waals surface area contributed by atoms with E-state index in [4.69, 9.17) is 4.74 Å². The highest BCUT2D eigenvalue weighted by atomic mass is 16.5. The van der Waals surface area contributed by atoms with E-state index in [-0.39, 0.29) is 17.9 Å². The predicted molar refractivity (Wildman–Crippen MR) is 140 cm³/mol. The van der Waals surface area contributed by atoms with Crippen LogP contribution in [0.4, 0.5) is 0 Å². The number of fused-ring (bicyclic) bond motifs is 1. The largest absolute Gasteiger partial charge is 0.383 e. The smallest absolute Gasteiger partial charge is 0.254 e. The monoisotopic (exact) mass is 483 g/mol. The Morgan fingerprint density at radius 2 is 1.50 bits per heavy atom. The van der Waals surface area contributed by atoms with Crippen LogP contribution < -0.4 is 0 Å². The van der Waals surface area contributed by atoms with Gasteiger partial charge in [-0.2, -0.15) is 0 Å². The number of hydrogen-bond acceptors (Lipinski definition) is 4. The van der Waals surface area contributed by atoms with E-state index in [2.05, 4.69) is 29.2 Å². The standard InChI is InChI=1S/C30H33N3O3/c1-36-21-20-33-28(24-12-6-3-7-13-24)27(25-14-8-9-15-26(25)29(33)34)30(35)32-18-16-31(17-19-32)22-23-10-4-2-5-11-23/h2-15,27-28H,16-22H2,1H3. The number of carbonyl (C=O) groups excluding carboxylic acids is 2. The lowest BCUT2D eigenvalue weighted by Gasteiger charge is -2.44. The summed E-state index contributed by atoms with van der Waals surface area (Å²) in [5, 5.41) is 0. The number of amides is 2. The number of rotatable bonds is 7. The normalized spacial score (nSPS) is 20.3. The summed E-state index contributed by atoms with van der Waals surface area (Å²) in [5.74, 6) is -0.419. The Balaban J connectivity index is 1.43. The zero-order valence-corrected chi connectivity index (χ0v) is 20.8.